The fourth-order valence-corrected chi connectivity index (χ4v) is 4.52. The molecule has 4 rings (SSSR count). The molecule has 6 nitrogen and oxygen atoms in total. The Kier molecular flexibility index (Phi) is 5.98. The highest BCUT2D eigenvalue weighted by molar-refractivity contribution is 7.32. The number of benzene rings is 3. The highest BCUT2D eigenvalue weighted by atomic mass is 31.1. The van der Waals surface area contributed by atoms with Gasteiger partial charge in [-0.15, -0.1) is 0 Å². The zero-order chi connectivity index (χ0) is 22.9. The summed E-state index contributed by atoms with van der Waals surface area (Å²) in [5, 5.41) is 1.69. The monoisotopic (exact) mass is 454 g/mol. The molecule has 0 saturated carbocycles. The zero-order valence-corrected chi connectivity index (χ0v) is 20.0. The lowest BCUT2D eigenvalue weighted by atomic mass is 9.86. The van der Waals surface area contributed by atoms with E-state index in [-0.39, 0.29) is 5.41 Å². The van der Waals surface area contributed by atoms with Crippen molar-refractivity contribution in [1.29, 1.82) is 0 Å². The second kappa shape index (κ2) is 8.71. The zero-order valence-electron chi connectivity index (χ0n) is 19.1. The molecule has 0 spiro atoms. The Bertz CT molecular complexity index is 1240. The lowest BCUT2D eigenvalue weighted by Gasteiger charge is -2.22. The molecule has 1 aromatic heterocycles. The molecule has 0 bridgehead atoms. The highest BCUT2D eigenvalue weighted by Crippen LogP contribution is 2.42. The van der Waals surface area contributed by atoms with Gasteiger partial charge >= 0.3 is 8.24 Å². The maximum atomic E-state index is 6.32. The summed E-state index contributed by atoms with van der Waals surface area (Å²) in [6.45, 7) is 6.37. The number of fused-ring (bicyclic) bond motifs is 3. The third-order valence-corrected chi connectivity index (χ3v) is 6.21. The average molecular weight is 454 g/mol. The van der Waals surface area contributed by atoms with Crippen molar-refractivity contribution in [2.24, 2.45) is 0 Å². The van der Waals surface area contributed by atoms with Crippen LogP contribution in [0.5, 0.6) is 23.0 Å². The van der Waals surface area contributed by atoms with Crippen LogP contribution >= 0.6 is 8.24 Å². The predicted molar refractivity (Wildman–Crippen MR) is 127 cm³/mol. The van der Waals surface area contributed by atoms with Crippen LogP contribution in [0.2, 0.25) is 0 Å². The average Bonchev–Trinajstić information content (AvgIpc) is 2.93. The van der Waals surface area contributed by atoms with Gasteiger partial charge in [0, 0.05) is 16.3 Å². The second-order valence-electron chi connectivity index (χ2n) is 8.33. The molecule has 0 N–H and O–H groups in total. The Morgan fingerprint density at radius 2 is 1.12 bits per heavy atom. The van der Waals surface area contributed by atoms with Gasteiger partial charge in [-0.25, -0.2) is 0 Å². The standard InChI is InChI=1S/C25H27O6P/c1-25(2,3)21-15-18(28-6)9-12-24(21)31-32-29-22-10-7-16(26-4)13-19(22)20-14-17(27-5)8-11-23(20)30-32/h7-15H,1-6H3. The molecule has 7 heteroatoms. The smallest absolute Gasteiger partial charge is 0.453 e. The van der Waals surface area contributed by atoms with Crippen molar-refractivity contribution < 1.29 is 27.1 Å². The van der Waals surface area contributed by atoms with Gasteiger partial charge in [0.1, 0.15) is 34.2 Å². The summed E-state index contributed by atoms with van der Waals surface area (Å²) in [5.41, 5.74) is 2.13. The molecule has 32 heavy (non-hydrogen) atoms. The molecule has 0 aliphatic heterocycles. The Labute approximate surface area is 188 Å². The van der Waals surface area contributed by atoms with E-state index in [4.69, 9.17) is 27.1 Å². The summed E-state index contributed by atoms with van der Waals surface area (Å²) in [5.74, 6) is 2.90. The largest absolute Gasteiger partial charge is 0.497 e. The molecule has 0 radical (unpaired) electrons. The lowest BCUT2D eigenvalue weighted by Crippen LogP contribution is -2.12. The normalized spacial score (nSPS) is 11.4. The summed E-state index contributed by atoms with van der Waals surface area (Å²) < 4.78 is 35.1. The van der Waals surface area contributed by atoms with Crippen molar-refractivity contribution in [3.05, 3.63) is 60.2 Å². The van der Waals surface area contributed by atoms with E-state index < -0.39 is 8.24 Å². The fraction of sp³-hybridized carbons (Fsp3) is 0.280. The lowest BCUT2D eigenvalue weighted by molar-refractivity contribution is 0.410. The Morgan fingerprint density at radius 1 is 0.656 bits per heavy atom. The Hall–Kier alpha value is -3.24. The minimum Gasteiger partial charge on any atom is -0.497 e. The maximum absolute atomic E-state index is 6.32. The molecule has 0 atom stereocenters. The van der Waals surface area contributed by atoms with Gasteiger partial charge in [-0.3, -0.25) is 0 Å². The number of hydrogen-bond donors (Lipinski definition) is 0. The minimum absolute atomic E-state index is 0.165. The van der Waals surface area contributed by atoms with Gasteiger partial charge in [0.25, 0.3) is 0 Å². The van der Waals surface area contributed by atoms with Crippen LogP contribution in [0.3, 0.4) is 0 Å². The molecular weight excluding hydrogens is 427 g/mol. The van der Waals surface area contributed by atoms with E-state index in [1.807, 2.05) is 54.6 Å². The van der Waals surface area contributed by atoms with Gasteiger partial charge in [-0.05, 0) is 60.0 Å². The molecular formula is C25H27O6P. The quantitative estimate of drug-likeness (QED) is 0.312. The van der Waals surface area contributed by atoms with Crippen LogP contribution in [-0.2, 0) is 5.41 Å². The van der Waals surface area contributed by atoms with Gasteiger partial charge in [0.2, 0.25) is 0 Å². The minimum atomic E-state index is -1.78. The van der Waals surface area contributed by atoms with Crippen LogP contribution in [0.1, 0.15) is 26.3 Å². The van der Waals surface area contributed by atoms with E-state index in [0.29, 0.717) is 16.9 Å². The van der Waals surface area contributed by atoms with Crippen LogP contribution in [-0.4, -0.2) is 21.3 Å². The highest BCUT2D eigenvalue weighted by Gasteiger charge is 2.22. The number of methoxy groups -OCH3 is 3. The van der Waals surface area contributed by atoms with E-state index in [2.05, 4.69) is 20.8 Å². The molecule has 3 aromatic carbocycles. The van der Waals surface area contributed by atoms with Crippen molar-refractivity contribution in [3.63, 3.8) is 0 Å². The first-order chi connectivity index (χ1) is 15.3. The number of rotatable bonds is 5. The van der Waals surface area contributed by atoms with Gasteiger partial charge < -0.3 is 27.1 Å². The summed E-state index contributed by atoms with van der Waals surface area (Å²) in [4.78, 5) is 0. The van der Waals surface area contributed by atoms with Crippen molar-refractivity contribution in [1.82, 2.24) is 0 Å². The Morgan fingerprint density at radius 3 is 1.59 bits per heavy atom. The third kappa shape index (κ3) is 4.37. The van der Waals surface area contributed by atoms with Gasteiger partial charge in [-0.1, -0.05) is 20.8 Å². The van der Waals surface area contributed by atoms with E-state index in [9.17, 15) is 0 Å². The van der Waals surface area contributed by atoms with Crippen LogP contribution in [0.4, 0.5) is 0 Å². The maximum Gasteiger partial charge on any atom is 0.453 e. The van der Waals surface area contributed by atoms with Crippen molar-refractivity contribution in [2.45, 2.75) is 26.2 Å². The fourth-order valence-electron chi connectivity index (χ4n) is 3.45. The predicted octanol–water partition coefficient (Wildman–Crippen LogP) is 7.46. The first-order valence-corrected chi connectivity index (χ1v) is 11.3. The SMILES string of the molecule is COc1ccc(Op2oc3ccc(OC)cc3c3cc(OC)ccc3o2)c(C(C)(C)C)c1. The molecule has 1 heterocycles. The van der Waals surface area contributed by atoms with Gasteiger partial charge in [0.05, 0.1) is 21.3 Å². The van der Waals surface area contributed by atoms with Gasteiger partial charge in [0.15, 0.2) is 0 Å². The van der Waals surface area contributed by atoms with Crippen LogP contribution < -0.4 is 18.7 Å². The number of ether oxygens (including phenoxy) is 3. The first-order valence-electron chi connectivity index (χ1n) is 10.2. The second-order valence-corrected chi connectivity index (χ2v) is 9.33. The Balaban J connectivity index is 1.94. The molecule has 0 fully saturated rings. The summed E-state index contributed by atoms with van der Waals surface area (Å²) in [6, 6.07) is 17.0. The van der Waals surface area contributed by atoms with Crippen LogP contribution in [0.15, 0.2) is 63.0 Å². The summed E-state index contributed by atoms with van der Waals surface area (Å²) >= 11 is 0. The van der Waals surface area contributed by atoms with Crippen molar-refractivity contribution >= 4 is 30.2 Å². The summed E-state index contributed by atoms with van der Waals surface area (Å²) in [6.07, 6.45) is 0. The van der Waals surface area contributed by atoms with E-state index in [1.54, 1.807) is 21.3 Å². The summed E-state index contributed by atoms with van der Waals surface area (Å²) in [7, 11) is 3.15. The molecule has 0 aliphatic carbocycles. The van der Waals surface area contributed by atoms with Crippen LogP contribution in [0.25, 0.3) is 21.9 Å². The molecule has 168 valence electrons. The van der Waals surface area contributed by atoms with Crippen LogP contribution in [0, 0.1) is 0 Å². The number of hydrogen-bond acceptors (Lipinski definition) is 6. The third-order valence-electron chi connectivity index (χ3n) is 5.18. The van der Waals surface area contributed by atoms with Gasteiger partial charge in [-0.2, -0.15) is 0 Å². The first kappa shape index (κ1) is 22.0. The molecule has 0 amide bonds. The van der Waals surface area contributed by atoms with E-state index in [1.165, 1.54) is 0 Å². The molecule has 4 aromatic rings. The molecule has 0 unspecified atom stereocenters. The topological polar surface area (TPSA) is 63.2 Å². The van der Waals surface area contributed by atoms with E-state index >= 15 is 0 Å². The molecule has 0 saturated heterocycles. The van der Waals surface area contributed by atoms with Crippen molar-refractivity contribution in [3.8, 4) is 23.0 Å². The van der Waals surface area contributed by atoms with E-state index in [0.717, 1.165) is 33.6 Å². The molecule has 0 aliphatic rings. The van der Waals surface area contributed by atoms with Crippen molar-refractivity contribution in [2.75, 3.05) is 21.3 Å².